The van der Waals surface area contributed by atoms with Crippen molar-refractivity contribution in [2.75, 3.05) is 24.6 Å². The number of anilines is 1. The van der Waals surface area contributed by atoms with Crippen LogP contribution in [-0.4, -0.2) is 59.9 Å². The van der Waals surface area contributed by atoms with Crippen LogP contribution in [0.1, 0.15) is 42.2 Å². The maximum absolute atomic E-state index is 13.1. The third kappa shape index (κ3) is 8.93. The second-order valence-corrected chi connectivity index (χ2v) is 13.4. The van der Waals surface area contributed by atoms with Gasteiger partial charge in [0.15, 0.2) is 0 Å². The van der Waals surface area contributed by atoms with Crippen LogP contribution in [0.25, 0.3) is 10.8 Å². The van der Waals surface area contributed by atoms with Gasteiger partial charge in [0.1, 0.15) is 11.5 Å². The molecule has 4 aromatic rings. The Morgan fingerprint density at radius 2 is 1.67 bits per heavy atom. The van der Waals surface area contributed by atoms with Gasteiger partial charge in [-0.05, 0) is 77.6 Å². The summed E-state index contributed by atoms with van der Waals surface area (Å²) in [5.74, 6) is -0.0278. The second-order valence-electron chi connectivity index (χ2n) is 11.7. The van der Waals surface area contributed by atoms with Gasteiger partial charge in [-0.15, -0.1) is 0 Å². The summed E-state index contributed by atoms with van der Waals surface area (Å²) in [6, 6.07) is 23.3. The Balaban J connectivity index is 1.35. The normalized spacial score (nSPS) is 12.7. The highest BCUT2D eigenvalue weighted by molar-refractivity contribution is 7.92. The minimum Gasteiger partial charge on any atom is -0.508 e. The summed E-state index contributed by atoms with van der Waals surface area (Å²) in [5.41, 5.74) is 3.01. The van der Waals surface area contributed by atoms with Gasteiger partial charge in [0.05, 0.1) is 24.5 Å². The summed E-state index contributed by atoms with van der Waals surface area (Å²) in [4.78, 5) is 14.8. The van der Waals surface area contributed by atoms with Crippen LogP contribution >= 0.6 is 0 Å². The van der Waals surface area contributed by atoms with Crippen molar-refractivity contribution in [3.63, 3.8) is 0 Å². The van der Waals surface area contributed by atoms with Crippen LogP contribution < -0.4 is 10.0 Å². The summed E-state index contributed by atoms with van der Waals surface area (Å²) < 4.78 is 25.4. The lowest BCUT2D eigenvalue weighted by molar-refractivity contribution is -0.129. The number of phenolic OH excluding ortho intramolecular Hbond substituents is 2. The maximum Gasteiger partial charge on any atom is 0.229 e. The van der Waals surface area contributed by atoms with Gasteiger partial charge >= 0.3 is 0 Å². The molecule has 1 amide bonds. The Morgan fingerprint density at radius 1 is 0.953 bits per heavy atom. The fourth-order valence-corrected chi connectivity index (χ4v) is 5.65. The molecule has 4 aromatic carbocycles. The van der Waals surface area contributed by atoms with Gasteiger partial charge in [0.25, 0.3) is 0 Å². The van der Waals surface area contributed by atoms with Crippen molar-refractivity contribution < 1.29 is 28.5 Å². The maximum atomic E-state index is 13.1. The number of nitrogens with one attached hydrogen (secondary N) is 2. The van der Waals surface area contributed by atoms with E-state index in [1.54, 1.807) is 30.1 Å². The summed E-state index contributed by atoms with van der Waals surface area (Å²) >= 11 is 0. The van der Waals surface area contributed by atoms with Crippen LogP contribution in [0.2, 0.25) is 0 Å². The van der Waals surface area contributed by atoms with E-state index in [1.807, 2.05) is 62.4 Å². The van der Waals surface area contributed by atoms with Crippen molar-refractivity contribution in [3.8, 4) is 11.5 Å². The first-order valence-corrected chi connectivity index (χ1v) is 15.8. The average molecular weight is 606 g/mol. The lowest BCUT2D eigenvalue weighted by Gasteiger charge is -2.28. The van der Waals surface area contributed by atoms with Gasteiger partial charge < -0.3 is 25.5 Å². The monoisotopic (exact) mass is 605 g/mol. The van der Waals surface area contributed by atoms with Gasteiger partial charge in [-0.25, -0.2) is 8.42 Å². The van der Waals surface area contributed by atoms with E-state index < -0.39 is 21.7 Å². The average Bonchev–Trinajstić information content (AvgIpc) is 2.92. The van der Waals surface area contributed by atoms with Gasteiger partial charge in [0.2, 0.25) is 15.9 Å². The SMILES string of the molecule is CN(Cc1cccc2cc(O)ccc12)C(=O)Cc1cccc(CC(C)(C)NC[C@@H](O)c2ccc(O)c(NS(C)(=O)=O)c2)c1. The van der Waals surface area contributed by atoms with E-state index in [0.29, 0.717) is 18.5 Å². The Labute approximate surface area is 252 Å². The van der Waals surface area contributed by atoms with E-state index in [1.165, 1.54) is 12.1 Å². The molecule has 228 valence electrons. The topological polar surface area (TPSA) is 139 Å². The molecule has 0 spiro atoms. The third-order valence-corrected chi connectivity index (χ3v) is 7.85. The van der Waals surface area contributed by atoms with Gasteiger partial charge in [-0.1, -0.05) is 54.6 Å². The number of fused-ring (bicyclic) bond motifs is 1. The summed E-state index contributed by atoms with van der Waals surface area (Å²) in [5, 5.41) is 35.8. The number of carbonyl (C=O) groups is 1. The molecule has 0 aliphatic rings. The fraction of sp³-hybridized carbons (Fsp3) is 0.303. The molecule has 0 saturated carbocycles. The number of likely N-dealkylation sites (N-methyl/N-ethyl adjacent to an activating group) is 1. The first kappa shape index (κ1) is 31.8. The minimum atomic E-state index is -3.59. The predicted octanol–water partition coefficient (Wildman–Crippen LogP) is 4.47. The molecule has 0 bridgehead atoms. The number of aliphatic hydroxyl groups is 1. The van der Waals surface area contributed by atoms with Gasteiger partial charge in [-0.2, -0.15) is 0 Å². The molecular formula is C33H39N3O6S. The highest BCUT2D eigenvalue weighted by Gasteiger charge is 2.21. The number of sulfonamides is 1. The third-order valence-electron chi connectivity index (χ3n) is 7.26. The Hall–Kier alpha value is -4.12. The zero-order valence-corrected chi connectivity index (χ0v) is 25.6. The number of rotatable bonds is 12. The highest BCUT2D eigenvalue weighted by Crippen LogP contribution is 2.28. The van der Waals surface area contributed by atoms with Crippen molar-refractivity contribution in [2.45, 2.75) is 44.9 Å². The number of hydrogen-bond acceptors (Lipinski definition) is 7. The number of amides is 1. The van der Waals surface area contributed by atoms with E-state index in [9.17, 15) is 28.5 Å². The number of phenols is 2. The van der Waals surface area contributed by atoms with Crippen molar-refractivity contribution >= 4 is 32.4 Å². The van der Waals surface area contributed by atoms with Crippen LogP contribution in [0.4, 0.5) is 5.69 Å². The first-order chi connectivity index (χ1) is 20.2. The quantitative estimate of drug-likeness (QED) is 0.150. The lowest BCUT2D eigenvalue weighted by Crippen LogP contribution is -2.43. The van der Waals surface area contributed by atoms with Crippen LogP contribution in [0, 0.1) is 0 Å². The molecule has 9 nitrogen and oxygen atoms in total. The van der Waals surface area contributed by atoms with Gasteiger partial charge in [-0.3, -0.25) is 9.52 Å². The number of benzene rings is 4. The molecule has 1 atom stereocenters. The van der Waals surface area contributed by atoms with E-state index >= 15 is 0 Å². The molecule has 5 N–H and O–H groups in total. The van der Waals surface area contributed by atoms with E-state index in [2.05, 4.69) is 10.0 Å². The Bertz CT molecular complexity index is 1720. The molecule has 0 aliphatic carbocycles. The van der Waals surface area contributed by atoms with Crippen LogP contribution in [0.15, 0.2) is 78.9 Å². The Kier molecular flexibility index (Phi) is 9.64. The molecular weight excluding hydrogens is 566 g/mol. The van der Waals surface area contributed by atoms with E-state index in [4.69, 9.17) is 0 Å². The van der Waals surface area contributed by atoms with Crippen LogP contribution in [-0.2, 0) is 34.2 Å². The molecule has 0 radical (unpaired) electrons. The summed E-state index contributed by atoms with van der Waals surface area (Å²) in [6.07, 6.45) is 0.944. The number of β-amino-alcohol motifs (C(OH)–C–C–N with tert-alkyl or cyclic N) is 1. The lowest BCUT2D eigenvalue weighted by atomic mass is 9.93. The predicted molar refractivity (Wildman–Crippen MR) is 170 cm³/mol. The minimum absolute atomic E-state index is 0.00715. The molecule has 10 heteroatoms. The molecule has 4 rings (SSSR count). The zero-order chi connectivity index (χ0) is 31.4. The molecule has 0 heterocycles. The van der Waals surface area contributed by atoms with Crippen LogP contribution in [0.5, 0.6) is 11.5 Å². The van der Waals surface area contributed by atoms with Crippen LogP contribution in [0.3, 0.4) is 0 Å². The molecule has 0 fully saturated rings. The van der Waals surface area contributed by atoms with Crippen molar-refractivity contribution in [2.24, 2.45) is 0 Å². The standard InChI is InChI=1S/C33H39N3O6S/c1-33(2,34-20-31(39)25-11-14-30(38)29(18-25)35-43(4,41)42)19-23-8-5-7-22(15-23)16-32(40)36(3)21-26-10-6-9-24-17-27(37)12-13-28(24)26/h5-15,17-18,31,34-35,37-39H,16,19-21H2,1-4H3/t31-/m1/s1. The van der Waals surface area contributed by atoms with E-state index in [0.717, 1.165) is 33.7 Å². The summed E-state index contributed by atoms with van der Waals surface area (Å²) in [7, 11) is -1.80. The molecule has 0 unspecified atom stereocenters. The van der Waals surface area contributed by atoms with Crippen molar-refractivity contribution in [1.29, 1.82) is 0 Å². The largest absolute Gasteiger partial charge is 0.508 e. The summed E-state index contributed by atoms with van der Waals surface area (Å²) in [6.45, 7) is 4.69. The molecule has 0 saturated heterocycles. The number of carbonyl (C=O) groups excluding carboxylic acids is 1. The molecule has 0 aliphatic heterocycles. The second kappa shape index (κ2) is 13.0. The van der Waals surface area contributed by atoms with E-state index in [-0.39, 0.29) is 36.1 Å². The fourth-order valence-electron chi connectivity index (χ4n) is 5.08. The molecule has 43 heavy (non-hydrogen) atoms. The first-order valence-electron chi connectivity index (χ1n) is 14.0. The van der Waals surface area contributed by atoms with Gasteiger partial charge in [0, 0.05) is 25.7 Å². The number of aromatic hydroxyl groups is 2. The number of nitrogens with zero attached hydrogens (tertiary/aromatic N) is 1. The number of hydrogen-bond donors (Lipinski definition) is 5. The smallest absolute Gasteiger partial charge is 0.229 e. The number of aliphatic hydroxyl groups excluding tert-OH is 1. The zero-order valence-electron chi connectivity index (χ0n) is 24.8. The Morgan fingerprint density at radius 3 is 2.42 bits per heavy atom. The highest BCUT2D eigenvalue weighted by atomic mass is 32.2. The van der Waals surface area contributed by atoms with Crippen molar-refractivity contribution in [1.82, 2.24) is 10.2 Å². The van der Waals surface area contributed by atoms with Crippen molar-refractivity contribution in [3.05, 3.63) is 101 Å². The molecule has 0 aromatic heterocycles.